The SMILES string of the molecule is CC1CN(Cc2noc(C3CC3)n2)CCN1Cc1nccn1C. The van der Waals surface area contributed by atoms with E-state index in [9.17, 15) is 0 Å². The first-order chi connectivity index (χ1) is 11.2. The van der Waals surface area contributed by atoms with Crippen LogP contribution in [0.25, 0.3) is 0 Å². The minimum atomic E-state index is 0.496. The zero-order chi connectivity index (χ0) is 15.8. The molecular formula is C16H24N6O. The van der Waals surface area contributed by atoms with Crippen molar-refractivity contribution >= 4 is 0 Å². The second-order valence-electron chi connectivity index (χ2n) is 6.83. The fourth-order valence-electron chi connectivity index (χ4n) is 3.21. The Morgan fingerprint density at radius 1 is 1.26 bits per heavy atom. The van der Waals surface area contributed by atoms with E-state index in [1.54, 1.807) is 0 Å². The first-order valence-corrected chi connectivity index (χ1v) is 8.44. The lowest BCUT2D eigenvalue weighted by molar-refractivity contribution is 0.0688. The highest BCUT2D eigenvalue weighted by molar-refractivity contribution is 5.02. The third kappa shape index (κ3) is 3.30. The number of piperazine rings is 1. The predicted molar refractivity (Wildman–Crippen MR) is 84.6 cm³/mol. The van der Waals surface area contributed by atoms with E-state index < -0.39 is 0 Å². The Hall–Kier alpha value is -1.73. The summed E-state index contributed by atoms with van der Waals surface area (Å²) in [7, 11) is 2.05. The average Bonchev–Trinajstić information content (AvgIpc) is 3.15. The molecule has 1 atom stereocenters. The molecule has 7 heteroatoms. The number of aromatic nitrogens is 4. The second-order valence-corrected chi connectivity index (χ2v) is 6.83. The number of nitrogens with zero attached hydrogens (tertiary/aromatic N) is 6. The van der Waals surface area contributed by atoms with Crippen molar-refractivity contribution in [1.82, 2.24) is 29.5 Å². The maximum absolute atomic E-state index is 5.35. The van der Waals surface area contributed by atoms with E-state index in [4.69, 9.17) is 4.52 Å². The van der Waals surface area contributed by atoms with Gasteiger partial charge in [0.1, 0.15) is 5.82 Å². The molecule has 4 rings (SSSR count). The van der Waals surface area contributed by atoms with Crippen LogP contribution in [0.2, 0.25) is 0 Å². The molecule has 2 aromatic rings. The highest BCUT2D eigenvalue weighted by atomic mass is 16.5. The molecule has 0 amide bonds. The van der Waals surface area contributed by atoms with Crippen LogP contribution in [0, 0.1) is 0 Å². The Labute approximate surface area is 136 Å². The topological polar surface area (TPSA) is 63.2 Å². The highest BCUT2D eigenvalue weighted by Gasteiger charge is 2.30. The first kappa shape index (κ1) is 14.8. The van der Waals surface area contributed by atoms with Gasteiger partial charge in [0.05, 0.1) is 13.1 Å². The van der Waals surface area contributed by atoms with Crippen molar-refractivity contribution in [3.63, 3.8) is 0 Å². The second kappa shape index (κ2) is 6.05. The van der Waals surface area contributed by atoms with E-state index in [-0.39, 0.29) is 0 Å². The lowest BCUT2D eigenvalue weighted by Crippen LogP contribution is -2.51. The molecular weight excluding hydrogens is 292 g/mol. The van der Waals surface area contributed by atoms with Crippen LogP contribution in [0.15, 0.2) is 16.9 Å². The monoisotopic (exact) mass is 316 g/mol. The quantitative estimate of drug-likeness (QED) is 0.830. The molecule has 0 radical (unpaired) electrons. The Bertz CT molecular complexity index is 661. The van der Waals surface area contributed by atoms with Gasteiger partial charge in [-0.15, -0.1) is 0 Å². The van der Waals surface area contributed by atoms with Gasteiger partial charge in [0.15, 0.2) is 5.82 Å². The normalized spacial score (nSPS) is 23.5. The van der Waals surface area contributed by atoms with Crippen molar-refractivity contribution < 1.29 is 4.52 Å². The third-order valence-corrected chi connectivity index (χ3v) is 4.89. The number of hydrogen-bond donors (Lipinski definition) is 0. The summed E-state index contributed by atoms with van der Waals surface area (Å²) in [5.41, 5.74) is 0. The van der Waals surface area contributed by atoms with Gasteiger partial charge >= 0.3 is 0 Å². The van der Waals surface area contributed by atoms with E-state index in [2.05, 4.69) is 43.5 Å². The summed E-state index contributed by atoms with van der Waals surface area (Å²) in [5, 5.41) is 4.13. The van der Waals surface area contributed by atoms with Crippen LogP contribution in [0.3, 0.4) is 0 Å². The zero-order valence-electron chi connectivity index (χ0n) is 13.9. The molecule has 2 aromatic heterocycles. The number of rotatable bonds is 5. The standard InChI is InChI=1S/C16H24N6O/c1-12-9-21(10-14-18-16(23-19-14)13-3-4-13)7-8-22(12)11-15-17-5-6-20(15)2/h5-6,12-13H,3-4,7-11H2,1-2H3. The summed E-state index contributed by atoms with van der Waals surface area (Å²) in [6, 6.07) is 0.496. The van der Waals surface area contributed by atoms with Crippen molar-refractivity contribution in [2.24, 2.45) is 7.05 Å². The van der Waals surface area contributed by atoms with Crippen LogP contribution < -0.4 is 0 Å². The van der Waals surface area contributed by atoms with Crippen LogP contribution in [0.5, 0.6) is 0 Å². The maximum atomic E-state index is 5.35. The Balaban J connectivity index is 1.32. The molecule has 1 saturated carbocycles. The molecule has 23 heavy (non-hydrogen) atoms. The fraction of sp³-hybridized carbons (Fsp3) is 0.688. The predicted octanol–water partition coefficient (Wildman–Crippen LogP) is 1.39. The van der Waals surface area contributed by atoms with Gasteiger partial charge in [-0.1, -0.05) is 5.16 Å². The molecule has 0 spiro atoms. The Kier molecular flexibility index (Phi) is 3.90. The van der Waals surface area contributed by atoms with Crippen molar-refractivity contribution in [1.29, 1.82) is 0 Å². The van der Waals surface area contributed by atoms with Gasteiger partial charge in [-0.05, 0) is 19.8 Å². The zero-order valence-corrected chi connectivity index (χ0v) is 13.9. The molecule has 7 nitrogen and oxygen atoms in total. The summed E-state index contributed by atoms with van der Waals surface area (Å²) in [6.45, 7) is 7.07. The summed E-state index contributed by atoms with van der Waals surface area (Å²) in [5.74, 6) is 3.32. The minimum absolute atomic E-state index is 0.496. The summed E-state index contributed by atoms with van der Waals surface area (Å²) < 4.78 is 7.45. The number of imidazole rings is 1. The molecule has 1 aliphatic heterocycles. The summed E-state index contributed by atoms with van der Waals surface area (Å²) >= 11 is 0. The van der Waals surface area contributed by atoms with Crippen molar-refractivity contribution in [2.45, 2.75) is 44.8 Å². The molecule has 2 fully saturated rings. The minimum Gasteiger partial charge on any atom is -0.339 e. The fourth-order valence-corrected chi connectivity index (χ4v) is 3.21. The van der Waals surface area contributed by atoms with Crippen LogP contribution >= 0.6 is 0 Å². The molecule has 1 unspecified atom stereocenters. The molecule has 2 aliphatic rings. The Morgan fingerprint density at radius 2 is 2.13 bits per heavy atom. The molecule has 1 aliphatic carbocycles. The molecule has 0 aromatic carbocycles. The summed E-state index contributed by atoms with van der Waals surface area (Å²) in [4.78, 5) is 13.9. The molecule has 1 saturated heterocycles. The van der Waals surface area contributed by atoms with Crippen molar-refractivity contribution in [2.75, 3.05) is 19.6 Å². The van der Waals surface area contributed by atoms with Gasteiger partial charge in [-0.25, -0.2) is 4.98 Å². The summed E-state index contributed by atoms with van der Waals surface area (Å²) in [6.07, 6.45) is 6.27. The number of aryl methyl sites for hydroxylation is 1. The van der Waals surface area contributed by atoms with E-state index >= 15 is 0 Å². The smallest absolute Gasteiger partial charge is 0.229 e. The molecule has 0 N–H and O–H groups in total. The molecule has 3 heterocycles. The van der Waals surface area contributed by atoms with E-state index in [0.717, 1.165) is 50.3 Å². The maximum Gasteiger partial charge on any atom is 0.229 e. The van der Waals surface area contributed by atoms with E-state index in [1.807, 2.05) is 12.4 Å². The highest BCUT2D eigenvalue weighted by Crippen LogP contribution is 2.38. The van der Waals surface area contributed by atoms with Crippen molar-refractivity contribution in [3.05, 3.63) is 29.9 Å². The van der Waals surface area contributed by atoms with Gasteiger partial charge in [-0.3, -0.25) is 9.80 Å². The lowest BCUT2D eigenvalue weighted by Gasteiger charge is -2.39. The van der Waals surface area contributed by atoms with Gasteiger partial charge in [-0.2, -0.15) is 4.98 Å². The van der Waals surface area contributed by atoms with E-state index in [0.29, 0.717) is 12.0 Å². The lowest BCUT2D eigenvalue weighted by atomic mass is 10.2. The first-order valence-electron chi connectivity index (χ1n) is 8.44. The Morgan fingerprint density at radius 3 is 2.83 bits per heavy atom. The molecule has 0 bridgehead atoms. The molecule has 124 valence electrons. The largest absolute Gasteiger partial charge is 0.339 e. The van der Waals surface area contributed by atoms with Gasteiger partial charge in [0, 0.05) is 51.0 Å². The average molecular weight is 316 g/mol. The van der Waals surface area contributed by atoms with Crippen LogP contribution in [0.4, 0.5) is 0 Å². The third-order valence-electron chi connectivity index (χ3n) is 4.89. The van der Waals surface area contributed by atoms with Crippen LogP contribution in [0.1, 0.15) is 43.2 Å². The van der Waals surface area contributed by atoms with Gasteiger partial charge in [0.25, 0.3) is 0 Å². The van der Waals surface area contributed by atoms with Gasteiger partial charge in [0.2, 0.25) is 5.89 Å². The van der Waals surface area contributed by atoms with Crippen LogP contribution in [-0.2, 0) is 20.1 Å². The van der Waals surface area contributed by atoms with E-state index in [1.165, 1.54) is 12.8 Å². The number of hydrogen-bond acceptors (Lipinski definition) is 6. The van der Waals surface area contributed by atoms with Crippen molar-refractivity contribution in [3.8, 4) is 0 Å². The van der Waals surface area contributed by atoms with Gasteiger partial charge < -0.3 is 9.09 Å². The van der Waals surface area contributed by atoms with Crippen LogP contribution in [-0.4, -0.2) is 55.2 Å².